The summed E-state index contributed by atoms with van der Waals surface area (Å²) in [5, 5.41) is 3.17. The predicted octanol–water partition coefficient (Wildman–Crippen LogP) is 0.959. The monoisotopic (exact) mass is 257 g/mol. The minimum Gasteiger partial charge on any atom is -0.376 e. The molecule has 2 atom stereocenters. The van der Waals surface area contributed by atoms with Crippen LogP contribution in [-0.4, -0.2) is 57.9 Å². The Bertz CT molecular complexity index is 213. The molecule has 17 heavy (non-hydrogen) atoms. The van der Waals surface area contributed by atoms with Crippen molar-refractivity contribution < 1.29 is 27.4 Å². The minimum atomic E-state index is -4.27. The van der Waals surface area contributed by atoms with Gasteiger partial charge in [0, 0.05) is 13.1 Å². The Labute approximate surface area is 98.4 Å². The van der Waals surface area contributed by atoms with Crippen molar-refractivity contribution in [3.05, 3.63) is 0 Å². The van der Waals surface area contributed by atoms with Gasteiger partial charge in [-0.05, 0) is 6.92 Å². The van der Waals surface area contributed by atoms with E-state index < -0.39 is 12.8 Å². The number of ether oxygens (including phenoxy) is 3. The summed E-state index contributed by atoms with van der Waals surface area (Å²) in [5.41, 5.74) is 0. The Balaban J connectivity index is 1.93. The molecule has 0 bridgehead atoms. The summed E-state index contributed by atoms with van der Waals surface area (Å²) in [7, 11) is 0. The number of hydrogen-bond acceptors (Lipinski definition) is 4. The fourth-order valence-electron chi connectivity index (χ4n) is 1.49. The van der Waals surface area contributed by atoms with Gasteiger partial charge in [0.25, 0.3) is 0 Å². The Morgan fingerprint density at radius 3 is 2.59 bits per heavy atom. The molecule has 1 saturated heterocycles. The Hall–Kier alpha value is -0.370. The van der Waals surface area contributed by atoms with Crippen LogP contribution in [0.1, 0.15) is 6.92 Å². The fourth-order valence-corrected chi connectivity index (χ4v) is 1.49. The molecule has 0 aliphatic carbocycles. The number of alkyl halides is 3. The van der Waals surface area contributed by atoms with E-state index in [1.807, 2.05) is 6.92 Å². The molecule has 7 heteroatoms. The van der Waals surface area contributed by atoms with Crippen LogP contribution in [0, 0.1) is 0 Å². The van der Waals surface area contributed by atoms with Gasteiger partial charge < -0.3 is 19.5 Å². The standard InChI is InChI=1S/C10H18F3NO3/c1-8-4-14-5-9(17-8)6-15-2-3-16-7-10(11,12)13/h8-9,14H,2-7H2,1H3. The van der Waals surface area contributed by atoms with Crippen molar-refractivity contribution in [2.75, 3.05) is 39.5 Å². The molecule has 4 nitrogen and oxygen atoms in total. The molecule has 1 aliphatic rings. The second-order valence-electron chi connectivity index (χ2n) is 3.97. The van der Waals surface area contributed by atoms with E-state index in [1.54, 1.807) is 0 Å². The molecule has 0 amide bonds. The van der Waals surface area contributed by atoms with E-state index in [4.69, 9.17) is 9.47 Å². The van der Waals surface area contributed by atoms with Crippen molar-refractivity contribution in [2.24, 2.45) is 0 Å². The lowest BCUT2D eigenvalue weighted by molar-refractivity contribution is -0.177. The summed E-state index contributed by atoms with van der Waals surface area (Å²) in [4.78, 5) is 0. The smallest absolute Gasteiger partial charge is 0.376 e. The van der Waals surface area contributed by atoms with Gasteiger partial charge in [-0.1, -0.05) is 0 Å². The highest BCUT2D eigenvalue weighted by Gasteiger charge is 2.27. The molecule has 0 aromatic heterocycles. The van der Waals surface area contributed by atoms with Crippen LogP contribution >= 0.6 is 0 Å². The maximum Gasteiger partial charge on any atom is 0.411 e. The van der Waals surface area contributed by atoms with Gasteiger partial charge in [0.05, 0.1) is 32.0 Å². The molecule has 1 aliphatic heterocycles. The van der Waals surface area contributed by atoms with Gasteiger partial charge in [-0.15, -0.1) is 0 Å². The van der Waals surface area contributed by atoms with Crippen LogP contribution in [0.25, 0.3) is 0 Å². The zero-order valence-corrected chi connectivity index (χ0v) is 9.76. The molecule has 1 rings (SSSR count). The Kier molecular flexibility index (Phi) is 6.18. The van der Waals surface area contributed by atoms with E-state index in [-0.39, 0.29) is 25.4 Å². The van der Waals surface area contributed by atoms with Crippen LogP contribution in [-0.2, 0) is 14.2 Å². The first kappa shape index (κ1) is 14.7. The van der Waals surface area contributed by atoms with Crippen molar-refractivity contribution in [3.8, 4) is 0 Å². The lowest BCUT2D eigenvalue weighted by atomic mass is 10.2. The van der Waals surface area contributed by atoms with Gasteiger partial charge in [0.2, 0.25) is 0 Å². The zero-order valence-electron chi connectivity index (χ0n) is 9.76. The van der Waals surface area contributed by atoms with Crippen LogP contribution in [0.2, 0.25) is 0 Å². The van der Waals surface area contributed by atoms with Crippen LogP contribution in [0.4, 0.5) is 13.2 Å². The largest absolute Gasteiger partial charge is 0.411 e. The highest BCUT2D eigenvalue weighted by atomic mass is 19.4. The molecule has 0 radical (unpaired) electrons. The highest BCUT2D eigenvalue weighted by molar-refractivity contribution is 4.71. The van der Waals surface area contributed by atoms with Crippen LogP contribution in [0.3, 0.4) is 0 Å². The van der Waals surface area contributed by atoms with Crippen molar-refractivity contribution in [3.63, 3.8) is 0 Å². The van der Waals surface area contributed by atoms with E-state index >= 15 is 0 Å². The second kappa shape index (κ2) is 7.15. The van der Waals surface area contributed by atoms with E-state index in [0.29, 0.717) is 13.2 Å². The first-order chi connectivity index (χ1) is 7.97. The molecule has 1 N–H and O–H groups in total. The average molecular weight is 257 g/mol. The van der Waals surface area contributed by atoms with Gasteiger partial charge in [-0.25, -0.2) is 0 Å². The normalized spacial score (nSPS) is 26.1. The van der Waals surface area contributed by atoms with Gasteiger partial charge in [-0.2, -0.15) is 13.2 Å². The van der Waals surface area contributed by atoms with E-state index in [2.05, 4.69) is 10.1 Å². The summed E-state index contributed by atoms with van der Waals surface area (Å²) in [6, 6.07) is 0. The van der Waals surface area contributed by atoms with E-state index in [9.17, 15) is 13.2 Å². The second-order valence-corrected chi connectivity index (χ2v) is 3.97. The Morgan fingerprint density at radius 2 is 1.94 bits per heavy atom. The summed E-state index contributed by atoms with van der Waals surface area (Å²) in [6.07, 6.45) is -4.17. The number of nitrogens with one attached hydrogen (secondary N) is 1. The molecule has 0 aromatic rings. The predicted molar refractivity (Wildman–Crippen MR) is 54.9 cm³/mol. The molecule has 0 aromatic carbocycles. The fraction of sp³-hybridized carbons (Fsp3) is 1.00. The lowest BCUT2D eigenvalue weighted by Gasteiger charge is -2.28. The van der Waals surface area contributed by atoms with Gasteiger partial charge >= 0.3 is 6.18 Å². The molecular weight excluding hydrogens is 239 g/mol. The van der Waals surface area contributed by atoms with Crippen molar-refractivity contribution in [2.45, 2.75) is 25.3 Å². The topological polar surface area (TPSA) is 39.7 Å². The maximum atomic E-state index is 11.7. The molecule has 0 spiro atoms. The number of halogens is 3. The Morgan fingerprint density at radius 1 is 1.24 bits per heavy atom. The molecule has 0 saturated carbocycles. The van der Waals surface area contributed by atoms with E-state index in [0.717, 1.165) is 6.54 Å². The number of morpholine rings is 1. The average Bonchev–Trinajstić information content (AvgIpc) is 2.22. The van der Waals surface area contributed by atoms with Crippen LogP contribution in [0.5, 0.6) is 0 Å². The van der Waals surface area contributed by atoms with Gasteiger partial charge in [-0.3, -0.25) is 0 Å². The summed E-state index contributed by atoms with van der Waals surface area (Å²) in [6.45, 7) is 2.69. The third-order valence-corrected chi connectivity index (χ3v) is 2.17. The van der Waals surface area contributed by atoms with E-state index in [1.165, 1.54) is 0 Å². The highest BCUT2D eigenvalue weighted by Crippen LogP contribution is 2.14. The van der Waals surface area contributed by atoms with Crippen molar-refractivity contribution in [1.82, 2.24) is 5.32 Å². The zero-order chi connectivity index (χ0) is 12.7. The quantitative estimate of drug-likeness (QED) is 0.719. The molecule has 102 valence electrons. The van der Waals surface area contributed by atoms with Gasteiger partial charge in [0.1, 0.15) is 6.61 Å². The SMILES string of the molecule is CC1CNCC(COCCOCC(F)(F)F)O1. The summed E-state index contributed by atoms with van der Waals surface area (Å²) in [5.74, 6) is 0. The summed E-state index contributed by atoms with van der Waals surface area (Å²) >= 11 is 0. The number of rotatable bonds is 6. The molecular formula is C10H18F3NO3. The first-order valence-corrected chi connectivity index (χ1v) is 5.56. The molecule has 1 heterocycles. The van der Waals surface area contributed by atoms with Crippen LogP contribution < -0.4 is 5.32 Å². The first-order valence-electron chi connectivity index (χ1n) is 5.56. The lowest BCUT2D eigenvalue weighted by Crippen LogP contribution is -2.45. The van der Waals surface area contributed by atoms with Crippen LogP contribution in [0.15, 0.2) is 0 Å². The number of hydrogen-bond donors (Lipinski definition) is 1. The maximum absolute atomic E-state index is 11.7. The third-order valence-electron chi connectivity index (χ3n) is 2.17. The van der Waals surface area contributed by atoms with Crippen molar-refractivity contribution in [1.29, 1.82) is 0 Å². The van der Waals surface area contributed by atoms with Gasteiger partial charge in [0.15, 0.2) is 0 Å². The molecule has 1 fully saturated rings. The third kappa shape index (κ3) is 7.54. The van der Waals surface area contributed by atoms with Crippen molar-refractivity contribution >= 4 is 0 Å². The molecule has 2 unspecified atom stereocenters. The summed E-state index contributed by atoms with van der Waals surface area (Å²) < 4.78 is 50.2. The minimum absolute atomic E-state index is 0.0404.